The highest BCUT2D eigenvalue weighted by atomic mass is 19.1. The van der Waals surface area contributed by atoms with Crippen molar-refractivity contribution < 1.29 is 23.9 Å². The lowest BCUT2D eigenvalue weighted by atomic mass is 9.45. The van der Waals surface area contributed by atoms with Crippen molar-refractivity contribution in [3.05, 3.63) is 29.1 Å². The number of aliphatic hydroxyl groups is 1. The number of nitrogens with one attached hydrogen (secondary N) is 1. The van der Waals surface area contributed by atoms with Gasteiger partial charge in [0.1, 0.15) is 21.5 Å². The Balaban J connectivity index is 2.09. The number of nitrogens with two attached hydrogens (primary N) is 1. The lowest BCUT2D eigenvalue weighted by Gasteiger charge is -2.49. The van der Waals surface area contributed by atoms with E-state index in [9.17, 15) is 23.9 Å². The summed E-state index contributed by atoms with van der Waals surface area (Å²) < 4.78 is 13.5. The van der Waals surface area contributed by atoms with Crippen LogP contribution in [0.15, 0.2) is 12.1 Å². The number of hydrogen-bond donors (Lipinski definition) is 3. The number of halogens is 1. The summed E-state index contributed by atoms with van der Waals surface area (Å²) in [6.07, 6.45) is -0.140. The van der Waals surface area contributed by atoms with E-state index in [-0.39, 0.29) is 24.2 Å². The van der Waals surface area contributed by atoms with Gasteiger partial charge in [-0.1, -0.05) is 0 Å². The van der Waals surface area contributed by atoms with E-state index in [0.717, 1.165) is 17.0 Å². The lowest BCUT2D eigenvalue weighted by molar-refractivity contribution is -0.170. The molecule has 2 aliphatic rings. The van der Waals surface area contributed by atoms with Crippen molar-refractivity contribution in [2.45, 2.75) is 23.9 Å². The second-order valence-electron chi connectivity index (χ2n) is 6.52. The third kappa shape index (κ3) is 1.98. The minimum atomic E-state index is -2.24. The first-order valence-corrected chi connectivity index (χ1v) is 7.04. The van der Waals surface area contributed by atoms with E-state index < -0.39 is 34.5 Å². The van der Waals surface area contributed by atoms with Gasteiger partial charge >= 0.3 is 0 Å². The molecule has 0 saturated carbocycles. The minimum Gasteiger partial charge on any atom is -0.398 e. The van der Waals surface area contributed by atoms with Gasteiger partial charge in [0.15, 0.2) is 0 Å². The number of imide groups is 1. The smallest absolute Gasteiger partial charge is 0.279 e. The summed E-state index contributed by atoms with van der Waals surface area (Å²) in [4.78, 5) is 37.4. The fraction of sp³-hybridized carbons (Fsp3) is 0.308. The van der Waals surface area contributed by atoms with Crippen LogP contribution in [0.25, 0.3) is 0 Å². The van der Waals surface area contributed by atoms with Crippen LogP contribution in [0.5, 0.6) is 0 Å². The molecular weight excluding hydrogens is 303 g/mol. The van der Waals surface area contributed by atoms with Crippen LogP contribution in [-0.4, -0.2) is 49.1 Å². The van der Waals surface area contributed by atoms with E-state index in [4.69, 9.17) is 5.73 Å². The summed E-state index contributed by atoms with van der Waals surface area (Å²) in [5.41, 5.74) is 3.94. The Hall–Kier alpha value is -2.35. The zero-order valence-corrected chi connectivity index (χ0v) is 12.6. The normalized spacial score (nSPS) is 26.2. The summed E-state index contributed by atoms with van der Waals surface area (Å²) in [7, 11) is 3.04. The first-order chi connectivity index (χ1) is 10.6. The van der Waals surface area contributed by atoms with Crippen molar-refractivity contribution in [3.63, 3.8) is 0 Å². The van der Waals surface area contributed by atoms with E-state index in [1.54, 1.807) is 0 Å². The maximum atomic E-state index is 13.5. The molecule has 0 aliphatic carbocycles. The maximum Gasteiger partial charge on any atom is 0.279 e. The van der Waals surface area contributed by atoms with Crippen LogP contribution in [0.4, 0.5) is 10.1 Å². The minimum absolute atomic E-state index is 0.0106. The second kappa shape index (κ2) is 4.58. The summed E-state index contributed by atoms with van der Waals surface area (Å²) in [6, 6.07) is 2.10. The number of carbonyl (C=O) groups excluding carboxylic acids is 3. The van der Waals surface area contributed by atoms with E-state index in [2.05, 4.69) is 0 Å². The number of anilines is 1. The molecule has 1 aromatic carbocycles. The molecule has 118 valence electrons. The SMILES string of the molecule is BC1(B)CC(=O)NC(=O)[C@@]1(O)N1Cc2c(N)cc(F)cc2C1=O. The van der Waals surface area contributed by atoms with Crippen molar-refractivity contribution in [1.82, 2.24) is 10.2 Å². The molecule has 1 fully saturated rings. The van der Waals surface area contributed by atoms with Gasteiger partial charge in [-0.2, -0.15) is 0 Å². The van der Waals surface area contributed by atoms with E-state index >= 15 is 0 Å². The molecule has 2 aliphatic heterocycles. The van der Waals surface area contributed by atoms with Gasteiger partial charge in [0.05, 0.1) is 6.54 Å². The van der Waals surface area contributed by atoms with E-state index in [1.165, 1.54) is 15.7 Å². The Morgan fingerprint density at radius 2 is 1.96 bits per heavy atom. The molecule has 4 N–H and O–H groups in total. The molecular formula is C13H14B2FN3O4. The Labute approximate surface area is 132 Å². The van der Waals surface area contributed by atoms with Crippen molar-refractivity contribution in [2.24, 2.45) is 0 Å². The molecule has 1 saturated heterocycles. The fourth-order valence-electron chi connectivity index (χ4n) is 3.24. The van der Waals surface area contributed by atoms with Gasteiger partial charge < -0.3 is 10.8 Å². The van der Waals surface area contributed by atoms with Crippen LogP contribution in [-0.2, 0) is 16.1 Å². The second-order valence-corrected chi connectivity index (χ2v) is 6.52. The standard InChI is InChI=1S/C13H14B2FN3O4/c14-12(15)3-9(20)18-11(22)13(12,23)19-4-7-6(10(19)21)1-5(16)2-8(7)17/h1-2,23H,3-4,14-15,17H2,(H,18,20,22)/t13-/m0/s1. The summed E-state index contributed by atoms with van der Waals surface area (Å²) in [5.74, 6) is -2.88. The fourth-order valence-corrected chi connectivity index (χ4v) is 3.24. The molecule has 2 heterocycles. The molecule has 23 heavy (non-hydrogen) atoms. The Kier molecular flexibility index (Phi) is 3.09. The third-order valence-corrected chi connectivity index (χ3v) is 4.55. The number of nitrogens with zero attached hydrogens (tertiary/aromatic N) is 1. The van der Waals surface area contributed by atoms with Crippen molar-refractivity contribution in [1.29, 1.82) is 0 Å². The first kappa shape index (κ1) is 15.5. The number of carbonyl (C=O) groups is 3. The highest BCUT2D eigenvalue weighted by Gasteiger charge is 2.60. The van der Waals surface area contributed by atoms with E-state index in [1.807, 2.05) is 5.32 Å². The Bertz CT molecular complexity index is 770. The van der Waals surface area contributed by atoms with Gasteiger partial charge in [-0.15, -0.1) is 0 Å². The number of piperidine rings is 1. The number of fused-ring (bicyclic) bond motifs is 1. The average molecular weight is 317 g/mol. The predicted octanol–water partition coefficient (Wildman–Crippen LogP) is -2.52. The van der Waals surface area contributed by atoms with Crippen LogP contribution in [0.2, 0.25) is 5.21 Å². The van der Waals surface area contributed by atoms with Crippen LogP contribution in [0.3, 0.4) is 0 Å². The summed E-state index contributed by atoms with van der Waals surface area (Å²) in [6.45, 7) is -0.137. The van der Waals surface area contributed by atoms with Crippen LogP contribution in [0, 0.1) is 5.82 Å². The average Bonchev–Trinajstić information content (AvgIpc) is 2.73. The largest absolute Gasteiger partial charge is 0.398 e. The number of benzene rings is 1. The molecule has 3 rings (SSSR count). The van der Waals surface area contributed by atoms with Crippen molar-refractivity contribution in [2.75, 3.05) is 5.73 Å². The summed E-state index contributed by atoms with van der Waals surface area (Å²) in [5, 5.41) is 11.8. The van der Waals surface area contributed by atoms with Crippen LogP contribution >= 0.6 is 0 Å². The summed E-state index contributed by atoms with van der Waals surface area (Å²) >= 11 is 0. The highest BCUT2D eigenvalue weighted by Crippen LogP contribution is 2.45. The van der Waals surface area contributed by atoms with Crippen molar-refractivity contribution >= 4 is 39.1 Å². The van der Waals surface area contributed by atoms with Gasteiger partial charge in [0.25, 0.3) is 11.8 Å². The van der Waals surface area contributed by atoms with E-state index in [0.29, 0.717) is 5.56 Å². The molecule has 10 heteroatoms. The Morgan fingerprint density at radius 1 is 1.30 bits per heavy atom. The molecule has 0 bridgehead atoms. The molecule has 0 spiro atoms. The van der Waals surface area contributed by atoms with Gasteiger partial charge in [-0.25, -0.2) is 4.39 Å². The molecule has 1 atom stereocenters. The van der Waals surface area contributed by atoms with Crippen LogP contribution < -0.4 is 11.1 Å². The third-order valence-electron chi connectivity index (χ3n) is 4.55. The molecule has 0 unspecified atom stereocenters. The highest BCUT2D eigenvalue weighted by molar-refractivity contribution is 6.44. The van der Waals surface area contributed by atoms with Crippen molar-refractivity contribution in [3.8, 4) is 0 Å². The van der Waals surface area contributed by atoms with Crippen LogP contribution in [0.1, 0.15) is 22.3 Å². The number of rotatable bonds is 1. The molecule has 0 radical (unpaired) electrons. The monoisotopic (exact) mass is 317 g/mol. The quantitative estimate of drug-likeness (QED) is 0.301. The Morgan fingerprint density at radius 3 is 2.57 bits per heavy atom. The van der Waals surface area contributed by atoms with Gasteiger partial charge in [-0.05, 0) is 17.3 Å². The maximum absolute atomic E-state index is 13.5. The topological polar surface area (TPSA) is 113 Å². The lowest BCUT2D eigenvalue weighted by Crippen LogP contribution is -2.70. The molecule has 1 aromatic rings. The molecule has 3 amide bonds. The van der Waals surface area contributed by atoms with Gasteiger partial charge in [-0.3, -0.25) is 24.6 Å². The van der Waals surface area contributed by atoms with Gasteiger partial charge in [0, 0.05) is 23.2 Å². The van der Waals surface area contributed by atoms with Gasteiger partial charge in [0.2, 0.25) is 11.6 Å². The first-order valence-electron chi connectivity index (χ1n) is 7.04. The number of hydrogen-bond acceptors (Lipinski definition) is 5. The number of nitrogen functional groups attached to an aromatic ring is 1. The molecule has 7 nitrogen and oxygen atoms in total. The zero-order valence-electron chi connectivity index (χ0n) is 12.6. The predicted molar refractivity (Wildman–Crippen MR) is 83.2 cm³/mol. The molecule has 0 aromatic heterocycles. The number of amides is 3. The zero-order chi connectivity index (χ0) is 17.2.